The number of aryl methyl sites for hydroxylation is 1. The molecule has 0 aliphatic carbocycles. The summed E-state index contributed by atoms with van der Waals surface area (Å²) in [5.74, 6) is 5.99. The van der Waals surface area contributed by atoms with Gasteiger partial charge < -0.3 is 5.73 Å². The normalized spacial score (nSPS) is 12.5. The molecule has 0 bridgehead atoms. The van der Waals surface area contributed by atoms with Gasteiger partial charge in [-0.15, -0.1) is 0 Å². The summed E-state index contributed by atoms with van der Waals surface area (Å²) in [5, 5.41) is 0. The van der Waals surface area contributed by atoms with Crippen molar-refractivity contribution in [1.82, 2.24) is 4.72 Å². The predicted octanol–water partition coefficient (Wildman–Crippen LogP) is 0.352. The van der Waals surface area contributed by atoms with Gasteiger partial charge in [0.15, 0.2) is 0 Å². The molecule has 0 aliphatic heterocycles. The molecule has 1 rings (SSSR count). The Hall–Kier alpha value is -1.20. The van der Waals surface area contributed by atoms with Crippen LogP contribution in [-0.4, -0.2) is 37.7 Å². The van der Waals surface area contributed by atoms with E-state index in [0.717, 1.165) is 0 Å². The van der Waals surface area contributed by atoms with E-state index in [1.165, 1.54) is 6.07 Å². The van der Waals surface area contributed by atoms with Crippen LogP contribution in [0.4, 0.5) is 0 Å². The molecule has 0 amide bonds. The third kappa shape index (κ3) is 5.98. The first-order valence-electron chi connectivity index (χ1n) is 6.46. The summed E-state index contributed by atoms with van der Waals surface area (Å²) < 4.78 is 38.0. The first-order valence-corrected chi connectivity index (χ1v) is 9.67. The second-order valence-electron chi connectivity index (χ2n) is 4.51. The fraction of sp³-hybridized carbons (Fsp3) is 0.429. The summed E-state index contributed by atoms with van der Waals surface area (Å²) in [6, 6.07) is 5.02. The van der Waals surface area contributed by atoms with E-state index in [1.807, 2.05) is 0 Å². The molecule has 5 nitrogen and oxygen atoms in total. The van der Waals surface area contributed by atoms with E-state index < -0.39 is 20.8 Å². The third-order valence-corrected chi connectivity index (χ3v) is 5.18. The van der Waals surface area contributed by atoms with Gasteiger partial charge in [-0.1, -0.05) is 17.9 Å². The maximum absolute atomic E-state index is 12.3. The van der Waals surface area contributed by atoms with Crippen molar-refractivity contribution in [2.75, 3.05) is 25.1 Å². The SMILES string of the molecule is Cc1ccc(C#CCN)cc1S(=O)(=O)NCCCS(C)=O. The number of rotatable bonds is 6. The van der Waals surface area contributed by atoms with Crippen LogP contribution < -0.4 is 10.5 Å². The zero-order valence-corrected chi connectivity index (χ0v) is 13.8. The van der Waals surface area contributed by atoms with Crippen LogP contribution in [-0.2, 0) is 20.8 Å². The fourth-order valence-corrected chi connectivity index (χ4v) is 3.57. The number of nitrogens with one attached hydrogen (secondary N) is 1. The second kappa shape index (κ2) is 8.29. The molecule has 0 saturated carbocycles. The smallest absolute Gasteiger partial charge is 0.240 e. The molecule has 0 aliphatic rings. The largest absolute Gasteiger partial charge is 0.320 e. The molecule has 1 aromatic carbocycles. The van der Waals surface area contributed by atoms with Crippen LogP contribution in [0.1, 0.15) is 17.5 Å². The van der Waals surface area contributed by atoms with Crippen LogP contribution in [0.15, 0.2) is 23.1 Å². The highest BCUT2D eigenvalue weighted by molar-refractivity contribution is 7.89. The first-order chi connectivity index (χ1) is 9.86. The molecule has 0 spiro atoms. The molecule has 3 N–H and O–H groups in total. The van der Waals surface area contributed by atoms with Gasteiger partial charge in [0.25, 0.3) is 0 Å². The molecule has 0 aromatic heterocycles. The Bertz CT molecular complexity index is 673. The Kier molecular flexibility index (Phi) is 7.05. The van der Waals surface area contributed by atoms with Crippen molar-refractivity contribution in [3.63, 3.8) is 0 Å². The Morgan fingerprint density at radius 1 is 1.38 bits per heavy atom. The summed E-state index contributed by atoms with van der Waals surface area (Å²) >= 11 is 0. The highest BCUT2D eigenvalue weighted by atomic mass is 32.2. The Morgan fingerprint density at radius 3 is 2.71 bits per heavy atom. The third-order valence-electron chi connectivity index (χ3n) is 2.71. The van der Waals surface area contributed by atoms with Gasteiger partial charge in [0.05, 0.1) is 11.4 Å². The Morgan fingerprint density at radius 2 is 2.10 bits per heavy atom. The lowest BCUT2D eigenvalue weighted by atomic mass is 10.1. The molecule has 7 heteroatoms. The molecule has 1 atom stereocenters. The van der Waals surface area contributed by atoms with Crippen molar-refractivity contribution in [2.24, 2.45) is 5.73 Å². The zero-order chi connectivity index (χ0) is 15.9. The number of benzene rings is 1. The topological polar surface area (TPSA) is 89.3 Å². The highest BCUT2D eigenvalue weighted by Gasteiger charge is 2.16. The van der Waals surface area contributed by atoms with Crippen molar-refractivity contribution in [3.8, 4) is 11.8 Å². The molecule has 21 heavy (non-hydrogen) atoms. The summed E-state index contributed by atoms with van der Waals surface area (Å²) in [6.07, 6.45) is 2.13. The van der Waals surface area contributed by atoms with Crippen LogP contribution in [0.5, 0.6) is 0 Å². The molecular formula is C14H20N2O3S2. The predicted molar refractivity (Wildman–Crippen MR) is 85.9 cm³/mol. The van der Waals surface area contributed by atoms with E-state index in [-0.39, 0.29) is 18.0 Å². The first kappa shape index (κ1) is 17.9. The van der Waals surface area contributed by atoms with Crippen molar-refractivity contribution in [3.05, 3.63) is 29.3 Å². The second-order valence-corrected chi connectivity index (χ2v) is 7.80. The van der Waals surface area contributed by atoms with Crippen LogP contribution in [0.2, 0.25) is 0 Å². The molecule has 0 saturated heterocycles. The van der Waals surface area contributed by atoms with Crippen LogP contribution in [0.3, 0.4) is 0 Å². The van der Waals surface area contributed by atoms with E-state index in [0.29, 0.717) is 23.3 Å². The van der Waals surface area contributed by atoms with Gasteiger partial charge in [-0.2, -0.15) is 0 Å². The van der Waals surface area contributed by atoms with Crippen LogP contribution in [0, 0.1) is 18.8 Å². The van der Waals surface area contributed by atoms with Gasteiger partial charge in [-0.05, 0) is 31.0 Å². The van der Waals surface area contributed by atoms with Gasteiger partial charge in [-0.25, -0.2) is 13.1 Å². The quantitative estimate of drug-likeness (QED) is 0.582. The average Bonchev–Trinajstić information content (AvgIpc) is 2.42. The molecule has 0 radical (unpaired) electrons. The zero-order valence-electron chi connectivity index (χ0n) is 12.2. The summed E-state index contributed by atoms with van der Waals surface area (Å²) in [7, 11) is -4.50. The Balaban J connectivity index is 2.89. The monoisotopic (exact) mass is 328 g/mol. The van der Waals surface area contributed by atoms with E-state index in [1.54, 1.807) is 25.3 Å². The lowest BCUT2D eigenvalue weighted by Crippen LogP contribution is -2.26. The number of nitrogens with two attached hydrogens (primary N) is 1. The summed E-state index contributed by atoms with van der Waals surface area (Å²) in [5.41, 5.74) is 6.57. The molecule has 1 unspecified atom stereocenters. The van der Waals surface area contributed by atoms with Crippen molar-refractivity contribution < 1.29 is 12.6 Å². The minimum atomic E-state index is -3.58. The van der Waals surface area contributed by atoms with E-state index in [4.69, 9.17) is 5.73 Å². The fourth-order valence-electron chi connectivity index (χ4n) is 1.68. The molecule has 1 aromatic rings. The summed E-state index contributed by atoms with van der Waals surface area (Å²) in [6.45, 7) is 2.22. The molecule has 0 heterocycles. The lowest BCUT2D eigenvalue weighted by Gasteiger charge is -2.09. The van der Waals surface area contributed by atoms with Crippen molar-refractivity contribution >= 4 is 20.8 Å². The van der Waals surface area contributed by atoms with Crippen molar-refractivity contribution in [1.29, 1.82) is 0 Å². The van der Waals surface area contributed by atoms with Gasteiger partial charge in [0.2, 0.25) is 10.0 Å². The lowest BCUT2D eigenvalue weighted by molar-refractivity contribution is 0.580. The standard InChI is InChI=1S/C14H20N2O3S2/c1-12-6-7-13(5-3-8-15)11-14(12)21(18,19)16-9-4-10-20(2)17/h6-7,11,16H,4,8-10,15H2,1-2H3. The van der Waals surface area contributed by atoms with Crippen molar-refractivity contribution in [2.45, 2.75) is 18.2 Å². The molecular weight excluding hydrogens is 308 g/mol. The highest BCUT2D eigenvalue weighted by Crippen LogP contribution is 2.16. The molecule has 116 valence electrons. The van der Waals surface area contributed by atoms with Gasteiger partial charge in [-0.3, -0.25) is 4.21 Å². The number of hydrogen-bond acceptors (Lipinski definition) is 4. The maximum atomic E-state index is 12.3. The average molecular weight is 328 g/mol. The number of hydrogen-bond donors (Lipinski definition) is 2. The van der Waals surface area contributed by atoms with Gasteiger partial charge >= 0.3 is 0 Å². The van der Waals surface area contributed by atoms with Gasteiger partial charge in [0.1, 0.15) is 0 Å². The van der Waals surface area contributed by atoms with Gasteiger partial charge in [0, 0.05) is 34.9 Å². The summed E-state index contributed by atoms with van der Waals surface area (Å²) in [4.78, 5) is 0.212. The van der Waals surface area contributed by atoms with E-state index in [9.17, 15) is 12.6 Å². The maximum Gasteiger partial charge on any atom is 0.240 e. The Labute approximate surface area is 128 Å². The minimum Gasteiger partial charge on any atom is -0.320 e. The number of sulfonamides is 1. The van der Waals surface area contributed by atoms with E-state index in [2.05, 4.69) is 16.6 Å². The minimum absolute atomic E-state index is 0.212. The van der Waals surface area contributed by atoms with Crippen LogP contribution in [0.25, 0.3) is 0 Å². The van der Waals surface area contributed by atoms with E-state index >= 15 is 0 Å². The molecule has 0 fully saturated rings. The van der Waals surface area contributed by atoms with Crippen LogP contribution >= 0.6 is 0 Å².